The third kappa shape index (κ3) is 4.24. The van der Waals surface area contributed by atoms with Gasteiger partial charge in [0.2, 0.25) is 5.88 Å². The highest BCUT2D eigenvalue weighted by atomic mass is 16.5. The number of nitrogens with zero attached hydrogens (tertiary/aromatic N) is 3. The van der Waals surface area contributed by atoms with Gasteiger partial charge in [-0.2, -0.15) is 4.98 Å². The molecule has 2 N–H and O–H groups in total. The van der Waals surface area contributed by atoms with Crippen molar-refractivity contribution in [2.45, 2.75) is 32.7 Å². The summed E-state index contributed by atoms with van der Waals surface area (Å²) in [6, 6.07) is 4.57. The molecule has 0 bridgehead atoms. The summed E-state index contributed by atoms with van der Waals surface area (Å²) in [4.78, 5) is 9.23. The van der Waals surface area contributed by atoms with Gasteiger partial charge < -0.3 is 20.3 Å². The van der Waals surface area contributed by atoms with Crippen LogP contribution < -0.4 is 15.4 Å². The van der Waals surface area contributed by atoms with Crippen LogP contribution >= 0.6 is 0 Å². The molecule has 2 heterocycles. The van der Waals surface area contributed by atoms with Crippen molar-refractivity contribution in [1.29, 1.82) is 0 Å². The Morgan fingerprint density at radius 2 is 2.00 bits per heavy atom. The predicted molar refractivity (Wildman–Crippen MR) is 87.9 cm³/mol. The average Bonchev–Trinajstić information content (AvgIpc) is 2.46. The number of piperidine rings is 1. The number of nitrogen functional groups attached to an aromatic ring is 1. The lowest BCUT2D eigenvalue weighted by atomic mass is 10.0. The van der Waals surface area contributed by atoms with Crippen LogP contribution in [-0.4, -0.2) is 49.7 Å². The molecule has 1 aromatic heterocycles. The summed E-state index contributed by atoms with van der Waals surface area (Å²) in [6.07, 6.45) is 2.34. The van der Waals surface area contributed by atoms with Gasteiger partial charge in [-0.05, 0) is 45.0 Å². The van der Waals surface area contributed by atoms with Gasteiger partial charge in [-0.1, -0.05) is 13.8 Å². The van der Waals surface area contributed by atoms with Gasteiger partial charge in [0.1, 0.15) is 5.82 Å². The molecule has 0 unspecified atom stereocenters. The number of aromatic nitrogens is 1. The standard InChI is InChI=1S/C16H28N4O/c1-12(2)11-21-16-14(17)5-6-15(18-16)20-9-7-13(8-10-20)19(3)4/h5-6,12-13H,7-11,17H2,1-4H3. The third-order valence-corrected chi connectivity index (χ3v) is 3.95. The van der Waals surface area contributed by atoms with Crippen molar-refractivity contribution in [2.24, 2.45) is 5.92 Å². The first kappa shape index (κ1) is 15.9. The van der Waals surface area contributed by atoms with Crippen molar-refractivity contribution in [3.05, 3.63) is 12.1 Å². The smallest absolute Gasteiger partial charge is 0.239 e. The number of anilines is 2. The normalized spacial score (nSPS) is 16.8. The van der Waals surface area contributed by atoms with Crippen molar-refractivity contribution in [3.8, 4) is 5.88 Å². The van der Waals surface area contributed by atoms with Crippen LogP contribution in [0.1, 0.15) is 26.7 Å². The zero-order valence-corrected chi connectivity index (χ0v) is 13.7. The highest BCUT2D eigenvalue weighted by molar-refractivity contribution is 5.54. The summed E-state index contributed by atoms with van der Waals surface area (Å²) >= 11 is 0. The molecule has 0 amide bonds. The Morgan fingerprint density at radius 3 is 2.57 bits per heavy atom. The van der Waals surface area contributed by atoms with E-state index in [0.717, 1.165) is 18.9 Å². The molecule has 5 heteroatoms. The van der Waals surface area contributed by atoms with E-state index in [2.05, 4.69) is 42.7 Å². The lowest BCUT2D eigenvalue weighted by molar-refractivity contribution is 0.248. The van der Waals surface area contributed by atoms with E-state index in [9.17, 15) is 0 Å². The van der Waals surface area contributed by atoms with Crippen LogP contribution in [0.25, 0.3) is 0 Å². The van der Waals surface area contributed by atoms with Gasteiger partial charge >= 0.3 is 0 Å². The predicted octanol–water partition coefficient (Wildman–Crippen LogP) is 2.23. The minimum Gasteiger partial charge on any atom is -0.476 e. The van der Waals surface area contributed by atoms with Gasteiger partial charge in [0.25, 0.3) is 0 Å². The summed E-state index contributed by atoms with van der Waals surface area (Å²) < 4.78 is 5.72. The molecule has 21 heavy (non-hydrogen) atoms. The number of rotatable bonds is 5. The fraction of sp³-hybridized carbons (Fsp3) is 0.688. The molecule has 0 radical (unpaired) electrons. The molecule has 2 rings (SSSR count). The average molecular weight is 292 g/mol. The lowest BCUT2D eigenvalue weighted by Crippen LogP contribution is -2.42. The maximum absolute atomic E-state index is 5.95. The summed E-state index contributed by atoms with van der Waals surface area (Å²) in [6.45, 7) is 6.94. The first-order valence-electron chi connectivity index (χ1n) is 7.78. The molecule has 0 aromatic carbocycles. The van der Waals surface area contributed by atoms with Crippen molar-refractivity contribution in [1.82, 2.24) is 9.88 Å². The largest absolute Gasteiger partial charge is 0.476 e. The van der Waals surface area contributed by atoms with Crippen LogP contribution in [0.15, 0.2) is 12.1 Å². The van der Waals surface area contributed by atoms with E-state index in [1.807, 2.05) is 12.1 Å². The van der Waals surface area contributed by atoms with Crippen LogP contribution in [0.5, 0.6) is 5.88 Å². The molecule has 0 spiro atoms. The maximum Gasteiger partial charge on any atom is 0.239 e. The zero-order chi connectivity index (χ0) is 15.4. The molecule has 0 saturated carbocycles. The topological polar surface area (TPSA) is 54.6 Å². The monoisotopic (exact) mass is 292 g/mol. The zero-order valence-electron chi connectivity index (χ0n) is 13.7. The molecule has 1 fully saturated rings. The van der Waals surface area contributed by atoms with Gasteiger partial charge in [0.15, 0.2) is 0 Å². The lowest BCUT2D eigenvalue weighted by Gasteiger charge is -2.35. The van der Waals surface area contributed by atoms with Crippen LogP contribution in [0.4, 0.5) is 11.5 Å². The summed E-state index contributed by atoms with van der Waals surface area (Å²) in [7, 11) is 4.30. The second kappa shape index (κ2) is 6.98. The number of pyridine rings is 1. The van der Waals surface area contributed by atoms with Gasteiger partial charge in [0, 0.05) is 19.1 Å². The van der Waals surface area contributed by atoms with Crippen molar-refractivity contribution >= 4 is 11.5 Å². The van der Waals surface area contributed by atoms with Gasteiger partial charge in [0.05, 0.1) is 12.3 Å². The van der Waals surface area contributed by atoms with E-state index in [1.54, 1.807) is 0 Å². The second-order valence-corrected chi connectivity index (χ2v) is 6.45. The highest BCUT2D eigenvalue weighted by Gasteiger charge is 2.22. The molecule has 118 valence electrons. The van der Waals surface area contributed by atoms with Crippen LogP contribution in [0.3, 0.4) is 0 Å². The van der Waals surface area contributed by atoms with E-state index < -0.39 is 0 Å². The molecule has 5 nitrogen and oxygen atoms in total. The quantitative estimate of drug-likeness (QED) is 0.902. The van der Waals surface area contributed by atoms with E-state index in [4.69, 9.17) is 10.5 Å². The molecule has 1 aliphatic rings. The molecule has 1 aromatic rings. The number of nitrogens with two attached hydrogens (primary N) is 1. The third-order valence-electron chi connectivity index (χ3n) is 3.95. The molecule has 0 atom stereocenters. The molecule has 1 aliphatic heterocycles. The van der Waals surface area contributed by atoms with Gasteiger partial charge in [-0.25, -0.2) is 0 Å². The minimum atomic E-state index is 0.464. The van der Waals surface area contributed by atoms with Crippen LogP contribution in [0, 0.1) is 5.92 Å². The molecular weight excluding hydrogens is 264 g/mol. The van der Waals surface area contributed by atoms with Crippen molar-refractivity contribution in [2.75, 3.05) is 44.4 Å². The SMILES string of the molecule is CC(C)COc1nc(N2CCC(N(C)C)CC2)ccc1N. The Labute approximate surface area is 128 Å². The Bertz CT molecular complexity index is 454. The number of hydrogen-bond donors (Lipinski definition) is 1. The Balaban J connectivity index is 2.02. The molecular formula is C16H28N4O. The minimum absolute atomic E-state index is 0.464. The van der Waals surface area contributed by atoms with Crippen LogP contribution in [-0.2, 0) is 0 Å². The summed E-state index contributed by atoms with van der Waals surface area (Å²) in [5, 5.41) is 0. The van der Waals surface area contributed by atoms with E-state index in [0.29, 0.717) is 30.1 Å². The van der Waals surface area contributed by atoms with E-state index in [-0.39, 0.29) is 0 Å². The van der Waals surface area contributed by atoms with E-state index in [1.165, 1.54) is 12.8 Å². The van der Waals surface area contributed by atoms with Crippen molar-refractivity contribution < 1.29 is 4.74 Å². The fourth-order valence-electron chi connectivity index (χ4n) is 2.59. The van der Waals surface area contributed by atoms with E-state index >= 15 is 0 Å². The van der Waals surface area contributed by atoms with Gasteiger partial charge in [-0.3, -0.25) is 0 Å². The van der Waals surface area contributed by atoms with Crippen LogP contribution in [0.2, 0.25) is 0 Å². The second-order valence-electron chi connectivity index (χ2n) is 6.45. The highest BCUT2D eigenvalue weighted by Crippen LogP contribution is 2.26. The van der Waals surface area contributed by atoms with Gasteiger partial charge in [-0.15, -0.1) is 0 Å². The number of hydrogen-bond acceptors (Lipinski definition) is 5. The fourth-order valence-corrected chi connectivity index (χ4v) is 2.59. The summed E-state index contributed by atoms with van der Waals surface area (Å²) in [5.41, 5.74) is 6.57. The maximum atomic E-state index is 5.95. The Hall–Kier alpha value is -1.49. The number of ether oxygens (including phenoxy) is 1. The molecule has 0 aliphatic carbocycles. The molecule has 1 saturated heterocycles. The first-order chi connectivity index (χ1) is 9.97. The first-order valence-corrected chi connectivity index (χ1v) is 7.78. The Morgan fingerprint density at radius 1 is 1.33 bits per heavy atom. The van der Waals surface area contributed by atoms with Crippen molar-refractivity contribution in [3.63, 3.8) is 0 Å². The Kier molecular flexibility index (Phi) is 5.28. The summed E-state index contributed by atoms with van der Waals surface area (Å²) in [5.74, 6) is 2.00.